The molecule has 1 aliphatic heterocycles. The summed E-state index contributed by atoms with van der Waals surface area (Å²) in [5.41, 5.74) is 0.992. The van der Waals surface area contributed by atoms with Gasteiger partial charge in [-0.1, -0.05) is 37.6 Å². The molecule has 4 saturated carbocycles. The molecule has 4 bridgehead atoms. The summed E-state index contributed by atoms with van der Waals surface area (Å²) in [7, 11) is 0. The number of carbonyl (C=O) groups excluding carboxylic acids is 3. The first-order valence-corrected chi connectivity index (χ1v) is 12.8. The zero-order valence-corrected chi connectivity index (χ0v) is 20.2. The monoisotopic (exact) mass is 451 g/mol. The van der Waals surface area contributed by atoms with Crippen LogP contribution in [-0.4, -0.2) is 35.3 Å². The van der Waals surface area contributed by atoms with Gasteiger partial charge >= 0.3 is 6.03 Å². The highest BCUT2D eigenvalue weighted by Gasteiger charge is 2.54. The predicted octanol–water partition coefficient (Wildman–Crippen LogP) is 4.13. The van der Waals surface area contributed by atoms with Crippen molar-refractivity contribution in [2.24, 2.45) is 23.2 Å². The van der Waals surface area contributed by atoms with Crippen molar-refractivity contribution in [3.63, 3.8) is 0 Å². The molecule has 0 aromatic heterocycles. The van der Waals surface area contributed by atoms with E-state index in [1.807, 2.05) is 24.3 Å². The summed E-state index contributed by atoms with van der Waals surface area (Å²) in [6.45, 7) is 5.74. The number of carbonyl (C=O) groups is 3. The second kappa shape index (κ2) is 8.14. The van der Waals surface area contributed by atoms with E-state index >= 15 is 0 Å². The van der Waals surface area contributed by atoms with Crippen molar-refractivity contribution in [1.82, 2.24) is 15.5 Å². The highest BCUT2D eigenvalue weighted by molar-refractivity contribution is 6.09. The van der Waals surface area contributed by atoms with Crippen molar-refractivity contribution in [1.29, 1.82) is 0 Å². The first-order chi connectivity index (χ1) is 15.7. The zero-order chi connectivity index (χ0) is 23.4. The summed E-state index contributed by atoms with van der Waals surface area (Å²) in [6.07, 6.45) is 9.73. The molecule has 5 aliphatic rings. The van der Waals surface area contributed by atoms with Gasteiger partial charge in [0.1, 0.15) is 12.1 Å². The molecule has 0 radical (unpaired) electrons. The number of urea groups is 1. The van der Waals surface area contributed by atoms with Gasteiger partial charge in [-0.15, -0.1) is 0 Å². The number of imide groups is 1. The lowest BCUT2D eigenvalue weighted by Crippen LogP contribution is -2.57. The van der Waals surface area contributed by atoms with Crippen LogP contribution in [0.5, 0.6) is 0 Å². The normalized spacial score (nSPS) is 35.6. The van der Waals surface area contributed by atoms with Gasteiger partial charge in [0.15, 0.2) is 0 Å². The Hall–Kier alpha value is -2.37. The van der Waals surface area contributed by atoms with E-state index in [0.717, 1.165) is 41.1 Å². The number of amides is 4. The zero-order valence-electron chi connectivity index (χ0n) is 20.2. The fourth-order valence-electron chi connectivity index (χ4n) is 7.62. The van der Waals surface area contributed by atoms with Crippen molar-refractivity contribution in [2.45, 2.75) is 83.7 Å². The number of aryl methyl sites for hydroxylation is 1. The van der Waals surface area contributed by atoms with E-state index < -0.39 is 11.6 Å². The average Bonchev–Trinajstić information content (AvgIpc) is 2.97. The van der Waals surface area contributed by atoms with Gasteiger partial charge in [-0.3, -0.25) is 14.5 Å². The Kier molecular flexibility index (Phi) is 5.53. The van der Waals surface area contributed by atoms with Crippen LogP contribution in [0.3, 0.4) is 0 Å². The Morgan fingerprint density at radius 2 is 1.67 bits per heavy atom. The summed E-state index contributed by atoms with van der Waals surface area (Å²) in [5.74, 6) is 1.82. The van der Waals surface area contributed by atoms with Crippen molar-refractivity contribution in [3.8, 4) is 0 Å². The predicted molar refractivity (Wildman–Crippen MR) is 126 cm³/mol. The van der Waals surface area contributed by atoms with Crippen LogP contribution in [-0.2, 0) is 21.5 Å². The van der Waals surface area contributed by atoms with Crippen LogP contribution in [0.2, 0.25) is 0 Å². The Morgan fingerprint density at radius 1 is 1.09 bits per heavy atom. The molecule has 178 valence electrons. The molecule has 0 spiro atoms. The Bertz CT molecular complexity index is 921. The average molecular weight is 452 g/mol. The van der Waals surface area contributed by atoms with Crippen LogP contribution in [0.4, 0.5) is 4.79 Å². The minimum absolute atomic E-state index is 0.0664. The maximum absolute atomic E-state index is 13.3. The van der Waals surface area contributed by atoms with Crippen molar-refractivity contribution < 1.29 is 14.4 Å². The first kappa shape index (κ1) is 22.4. The van der Waals surface area contributed by atoms with Crippen LogP contribution >= 0.6 is 0 Å². The van der Waals surface area contributed by atoms with Gasteiger partial charge in [0.25, 0.3) is 5.91 Å². The summed E-state index contributed by atoms with van der Waals surface area (Å²) < 4.78 is 0. The molecule has 6 rings (SSSR count). The fraction of sp³-hybridized carbons (Fsp3) is 0.667. The molecule has 5 fully saturated rings. The number of benzene rings is 1. The quantitative estimate of drug-likeness (QED) is 0.612. The van der Waals surface area contributed by atoms with Gasteiger partial charge in [0.2, 0.25) is 5.91 Å². The Morgan fingerprint density at radius 3 is 2.21 bits per heavy atom. The van der Waals surface area contributed by atoms with E-state index in [1.165, 1.54) is 44.1 Å². The molecular weight excluding hydrogens is 414 g/mol. The standard InChI is InChI=1S/C27H37N3O3/c1-4-5-18-6-8-22(9-7-18)26(3)24(32)30(25(33)29-26)16-23(31)28-17(2)27-13-19-10-20(14-27)12-21(11-19)15-27/h6-9,17,19-21H,4-5,10-16H2,1-3H3,(H,28,31)(H,29,33). The largest absolute Gasteiger partial charge is 0.352 e. The molecule has 4 amide bonds. The smallest absolute Gasteiger partial charge is 0.325 e. The Labute approximate surface area is 196 Å². The molecule has 33 heavy (non-hydrogen) atoms. The minimum atomic E-state index is -1.15. The van der Waals surface area contributed by atoms with Crippen LogP contribution in [0.25, 0.3) is 0 Å². The van der Waals surface area contributed by atoms with Gasteiger partial charge < -0.3 is 10.6 Å². The van der Waals surface area contributed by atoms with Crippen molar-refractivity contribution >= 4 is 17.8 Å². The maximum atomic E-state index is 13.3. The maximum Gasteiger partial charge on any atom is 0.325 e. The molecule has 1 aromatic rings. The lowest BCUT2D eigenvalue weighted by molar-refractivity contribution is -0.136. The SMILES string of the molecule is CCCc1ccc(C2(C)NC(=O)N(CC(=O)NC(C)C34CC5CC(CC(C5)C3)C4)C2=O)cc1. The molecular formula is C27H37N3O3. The third-order valence-corrected chi connectivity index (χ3v) is 9.03. The van der Waals surface area contributed by atoms with Gasteiger partial charge in [0.05, 0.1) is 0 Å². The summed E-state index contributed by atoms with van der Waals surface area (Å²) in [6, 6.07) is 7.39. The lowest BCUT2D eigenvalue weighted by atomic mass is 9.48. The molecule has 1 aromatic carbocycles. The van der Waals surface area contributed by atoms with Crippen LogP contribution in [0, 0.1) is 23.2 Å². The van der Waals surface area contributed by atoms with Gasteiger partial charge in [-0.2, -0.15) is 0 Å². The molecule has 2 atom stereocenters. The number of hydrogen-bond acceptors (Lipinski definition) is 3. The van der Waals surface area contributed by atoms with E-state index in [-0.39, 0.29) is 29.8 Å². The molecule has 1 heterocycles. The number of nitrogens with one attached hydrogen (secondary N) is 2. The molecule has 2 unspecified atom stereocenters. The topological polar surface area (TPSA) is 78.5 Å². The number of hydrogen-bond donors (Lipinski definition) is 2. The van der Waals surface area contributed by atoms with E-state index in [1.54, 1.807) is 6.92 Å². The van der Waals surface area contributed by atoms with Crippen LogP contribution in [0.1, 0.15) is 76.8 Å². The van der Waals surface area contributed by atoms with Gasteiger partial charge in [-0.25, -0.2) is 4.79 Å². The number of nitrogens with zero attached hydrogens (tertiary/aromatic N) is 1. The summed E-state index contributed by atoms with van der Waals surface area (Å²) >= 11 is 0. The molecule has 6 nitrogen and oxygen atoms in total. The second-order valence-electron chi connectivity index (χ2n) is 11.5. The second-order valence-corrected chi connectivity index (χ2v) is 11.5. The van der Waals surface area contributed by atoms with E-state index in [2.05, 4.69) is 24.5 Å². The third-order valence-electron chi connectivity index (χ3n) is 9.03. The van der Waals surface area contributed by atoms with Crippen LogP contribution < -0.4 is 10.6 Å². The summed E-state index contributed by atoms with van der Waals surface area (Å²) in [5, 5.41) is 6.00. The summed E-state index contributed by atoms with van der Waals surface area (Å²) in [4.78, 5) is 40.0. The minimum Gasteiger partial charge on any atom is -0.352 e. The van der Waals surface area contributed by atoms with Gasteiger partial charge in [-0.05, 0) is 93.1 Å². The molecule has 1 saturated heterocycles. The molecule has 2 N–H and O–H groups in total. The van der Waals surface area contributed by atoms with E-state index in [0.29, 0.717) is 0 Å². The molecule has 4 aliphatic carbocycles. The lowest BCUT2D eigenvalue weighted by Gasteiger charge is -2.59. The highest BCUT2D eigenvalue weighted by Crippen LogP contribution is 2.61. The van der Waals surface area contributed by atoms with Crippen LogP contribution in [0.15, 0.2) is 24.3 Å². The van der Waals surface area contributed by atoms with Gasteiger partial charge in [0, 0.05) is 6.04 Å². The van der Waals surface area contributed by atoms with E-state index in [4.69, 9.17) is 0 Å². The fourth-order valence-corrected chi connectivity index (χ4v) is 7.62. The Balaban J connectivity index is 1.24. The van der Waals surface area contributed by atoms with Crippen molar-refractivity contribution in [2.75, 3.05) is 6.54 Å². The number of rotatable bonds is 7. The molecule has 6 heteroatoms. The van der Waals surface area contributed by atoms with E-state index in [9.17, 15) is 14.4 Å². The third kappa shape index (κ3) is 3.85. The van der Waals surface area contributed by atoms with Crippen molar-refractivity contribution in [3.05, 3.63) is 35.4 Å². The highest BCUT2D eigenvalue weighted by atomic mass is 16.2. The first-order valence-electron chi connectivity index (χ1n) is 12.8.